The molecule has 0 bridgehead atoms. The van der Waals surface area contributed by atoms with Gasteiger partial charge in [-0.05, 0) is 27.7 Å². The van der Waals surface area contributed by atoms with Crippen LogP contribution in [-0.4, -0.2) is 53.7 Å². The summed E-state index contributed by atoms with van der Waals surface area (Å²) in [5.74, 6) is 0. The van der Waals surface area contributed by atoms with Gasteiger partial charge in [-0.25, -0.2) is 4.79 Å². The van der Waals surface area contributed by atoms with Gasteiger partial charge in [0.25, 0.3) is 0 Å². The highest BCUT2D eigenvalue weighted by molar-refractivity contribution is 5.68. The van der Waals surface area contributed by atoms with Crippen molar-refractivity contribution in [3.63, 3.8) is 0 Å². The Morgan fingerprint density at radius 2 is 2.12 bits per heavy atom. The van der Waals surface area contributed by atoms with Crippen LogP contribution in [0.25, 0.3) is 0 Å². The van der Waals surface area contributed by atoms with Crippen LogP contribution in [0.4, 0.5) is 4.79 Å². The molecule has 5 nitrogen and oxygen atoms in total. The van der Waals surface area contributed by atoms with Crippen molar-refractivity contribution in [2.24, 2.45) is 0 Å². The van der Waals surface area contributed by atoms with Gasteiger partial charge < -0.3 is 9.64 Å². The second-order valence-corrected chi connectivity index (χ2v) is 5.40. The summed E-state index contributed by atoms with van der Waals surface area (Å²) >= 11 is 0. The summed E-state index contributed by atoms with van der Waals surface area (Å²) in [7, 11) is 0. The van der Waals surface area contributed by atoms with Gasteiger partial charge in [-0.1, -0.05) is 0 Å². The average molecular weight is 239 g/mol. The average Bonchev–Trinajstić information content (AvgIpc) is 2.18. The molecule has 0 N–H and O–H groups in total. The van der Waals surface area contributed by atoms with Crippen LogP contribution in [0.3, 0.4) is 0 Å². The number of carbonyl (C=O) groups excluding carboxylic acids is 1. The highest BCUT2D eigenvalue weighted by Crippen LogP contribution is 2.14. The Morgan fingerprint density at radius 1 is 1.47 bits per heavy atom. The molecule has 1 aliphatic rings. The predicted molar refractivity (Wildman–Crippen MR) is 64.5 cm³/mol. The van der Waals surface area contributed by atoms with Crippen LogP contribution in [0.2, 0.25) is 0 Å². The molecule has 0 spiro atoms. The number of nitriles is 1. The largest absolute Gasteiger partial charge is 0.444 e. The maximum atomic E-state index is 11.8. The van der Waals surface area contributed by atoms with Crippen molar-refractivity contribution in [3.8, 4) is 6.07 Å². The molecule has 0 unspecified atom stereocenters. The lowest BCUT2D eigenvalue weighted by molar-refractivity contribution is 0.00764. The first-order valence-corrected chi connectivity index (χ1v) is 5.92. The number of hydrogen-bond acceptors (Lipinski definition) is 4. The third kappa shape index (κ3) is 4.23. The van der Waals surface area contributed by atoms with E-state index in [1.165, 1.54) is 0 Å². The standard InChI is InChI=1S/C12H21N3O2/c1-10-9-15(8-7-14(10)6-5-13)11(16)17-12(2,3)4/h10H,6-9H2,1-4H3/t10-/m0/s1. The van der Waals surface area contributed by atoms with E-state index < -0.39 is 5.60 Å². The van der Waals surface area contributed by atoms with E-state index in [0.717, 1.165) is 6.54 Å². The highest BCUT2D eigenvalue weighted by Gasteiger charge is 2.29. The van der Waals surface area contributed by atoms with E-state index in [0.29, 0.717) is 19.6 Å². The molecule has 1 aliphatic heterocycles. The summed E-state index contributed by atoms with van der Waals surface area (Å²) in [4.78, 5) is 15.6. The minimum absolute atomic E-state index is 0.205. The zero-order valence-corrected chi connectivity index (χ0v) is 11.1. The number of ether oxygens (including phenoxy) is 1. The molecule has 1 fully saturated rings. The number of nitrogens with zero attached hydrogens (tertiary/aromatic N) is 3. The van der Waals surface area contributed by atoms with Crippen molar-refractivity contribution in [1.29, 1.82) is 5.26 Å². The van der Waals surface area contributed by atoms with Gasteiger partial charge in [0.1, 0.15) is 5.60 Å². The van der Waals surface area contributed by atoms with Crippen LogP contribution in [0, 0.1) is 11.3 Å². The summed E-state index contributed by atoms with van der Waals surface area (Å²) in [6, 6.07) is 2.35. The zero-order chi connectivity index (χ0) is 13.1. The Bertz CT molecular complexity index is 317. The fourth-order valence-corrected chi connectivity index (χ4v) is 1.81. The minimum atomic E-state index is -0.454. The van der Waals surface area contributed by atoms with Gasteiger partial charge in [0.2, 0.25) is 0 Å². The lowest BCUT2D eigenvalue weighted by Gasteiger charge is -2.39. The molecule has 96 valence electrons. The topological polar surface area (TPSA) is 56.6 Å². The number of amides is 1. The quantitative estimate of drug-likeness (QED) is 0.650. The molecule has 0 aliphatic carbocycles. The van der Waals surface area contributed by atoms with Gasteiger partial charge in [0, 0.05) is 25.7 Å². The van der Waals surface area contributed by atoms with Gasteiger partial charge in [-0.2, -0.15) is 5.26 Å². The maximum absolute atomic E-state index is 11.8. The molecule has 0 radical (unpaired) electrons. The van der Waals surface area contributed by atoms with Crippen LogP contribution in [-0.2, 0) is 4.74 Å². The minimum Gasteiger partial charge on any atom is -0.444 e. The van der Waals surface area contributed by atoms with Crippen molar-refractivity contribution in [2.45, 2.75) is 39.3 Å². The van der Waals surface area contributed by atoms with Crippen molar-refractivity contribution < 1.29 is 9.53 Å². The molecule has 1 amide bonds. The van der Waals surface area contributed by atoms with Gasteiger partial charge >= 0.3 is 6.09 Å². The first-order chi connectivity index (χ1) is 7.83. The van der Waals surface area contributed by atoms with Crippen molar-refractivity contribution in [1.82, 2.24) is 9.80 Å². The maximum Gasteiger partial charge on any atom is 0.410 e. The summed E-state index contributed by atoms with van der Waals surface area (Å²) < 4.78 is 5.32. The van der Waals surface area contributed by atoms with E-state index in [1.54, 1.807) is 4.90 Å². The van der Waals surface area contributed by atoms with Crippen LogP contribution in [0.1, 0.15) is 27.7 Å². The molecule has 1 atom stereocenters. The molecular formula is C12H21N3O2. The number of piperazine rings is 1. The second-order valence-electron chi connectivity index (χ2n) is 5.40. The zero-order valence-electron chi connectivity index (χ0n) is 11.1. The third-order valence-electron chi connectivity index (χ3n) is 2.69. The van der Waals surface area contributed by atoms with E-state index in [4.69, 9.17) is 10.00 Å². The monoisotopic (exact) mass is 239 g/mol. The lowest BCUT2D eigenvalue weighted by atomic mass is 10.2. The second kappa shape index (κ2) is 5.37. The predicted octanol–water partition coefficient (Wildman–Crippen LogP) is 1.45. The molecule has 0 aromatic rings. The van der Waals surface area contributed by atoms with Gasteiger partial charge in [0.15, 0.2) is 0 Å². The van der Waals surface area contributed by atoms with Gasteiger partial charge in [-0.15, -0.1) is 0 Å². The van der Waals surface area contributed by atoms with E-state index in [1.807, 2.05) is 27.7 Å². The molecule has 17 heavy (non-hydrogen) atoms. The first-order valence-electron chi connectivity index (χ1n) is 5.92. The molecule has 5 heteroatoms. The number of hydrogen-bond donors (Lipinski definition) is 0. The first kappa shape index (κ1) is 13.8. The molecule has 1 saturated heterocycles. The Labute approximate surface area is 103 Å². The Hall–Kier alpha value is -1.28. The van der Waals surface area contributed by atoms with E-state index in [-0.39, 0.29) is 12.1 Å². The van der Waals surface area contributed by atoms with Crippen LogP contribution in [0.5, 0.6) is 0 Å². The van der Waals surface area contributed by atoms with E-state index in [9.17, 15) is 4.79 Å². The molecule has 0 aromatic heterocycles. The van der Waals surface area contributed by atoms with Gasteiger partial charge in [0.05, 0.1) is 12.6 Å². The van der Waals surface area contributed by atoms with Crippen LogP contribution in [0.15, 0.2) is 0 Å². The van der Waals surface area contributed by atoms with Crippen molar-refractivity contribution >= 4 is 6.09 Å². The highest BCUT2D eigenvalue weighted by atomic mass is 16.6. The number of carbonyl (C=O) groups is 1. The molecule has 0 saturated carbocycles. The molecule has 0 aromatic carbocycles. The smallest absolute Gasteiger partial charge is 0.410 e. The lowest BCUT2D eigenvalue weighted by Crippen LogP contribution is -2.54. The van der Waals surface area contributed by atoms with Crippen molar-refractivity contribution in [2.75, 3.05) is 26.2 Å². The fraction of sp³-hybridized carbons (Fsp3) is 0.833. The third-order valence-corrected chi connectivity index (χ3v) is 2.69. The van der Waals surface area contributed by atoms with Gasteiger partial charge in [-0.3, -0.25) is 4.90 Å². The Balaban J connectivity index is 2.50. The fourth-order valence-electron chi connectivity index (χ4n) is 1.81. The van der Waals surface area contributed by atoms with Crippen LogP contribution < -0.4 is 0 Å². The number of rotatable bonds is 1. The van der Waals surface area contributed by atoms with Crippen molar-refractivity contribution in [3.05, 3.63) is 0 Å². The molecule has 1 heterocycles. The van der Waals surface area contributed by atoms with E-state index >= 15 is 0 Å². The molecular weight excluding hydrogens is 218 g/mol. The SMILES string of the molecule is C[C@H]1CN(C(=O)OC(C)(C)C)CCN1CC#N. The Morgan fingerprint density at radius 3 is 2.59 bits per heavy atom. The summed E-state index contributed by atoms with van der Waals surface area (Å²) in [6.07, 6.45) is -0.263. The normalized spacial score (nSPS) is 22.1. The van der Waals surface area contributed by atoms with E-state index in [2.05, 4.69) is 11.0 Å². The summed E-state index contributed by atoms with van der Waals surface area (Å²) in [5.41, 5.74) is -0.454. The summed E-state index contributed by atoms with van der Waals surface area (Å²) in [6.45, 7) is 10.0. The van der Waals surface area contributed by atoms with Crippen LogP contribution >= 0.6 is 0 Å². The summed E-state index contributed by atoms with van der Waals surface area (Å²) in [5, 5.41) is 8.67. The molecule has 1 rings (SSSR count). The Kier molecular flexibility index (Phi) is 4.35.